The first-order chi connectivity index (χ1) is 15.1. The van der Waals surface area contributed by atoms with E-state index in [-0.39, 0.29) is 4.75 Å². The van der Waals surface area contributed by atoms with E-state index in [0.29, 0.717) is 12.0 Å². The van der Waals surface area contributed by atoms with Crippen LogP contribution in [0.25, 0.3) is 10.2 Å². The highest BCUT2D eigenvalue weighted by atomic mass is 32.2. The van der Waals surface area contributed by atoms with Crippen molar-refractivity contribution >= 4 is 44.7 Å². The van der Waals surface area contributed by atoms with Crippen LogP contribution in [-0.2, 0) is 11.2 Å². The monoisotopic (exact) mass is 454 g/mol. The maximum atomic E-state index is 5.35. The summed E-state index contributed by atoms with van der Waals surface area (Å²) < 4.78 is 6.74. The molecule has 1 N–H and O–H groups in total. The SMILES string of the molecule is COCCN1CCC[C@@H](C2(C)Cc3c(Nc4ccc5scnc5c4)ccnc3S2)[C@@H]1C. The Morgan fingerprint density at radius 3 is 3.06 bits per heavy atom. The molecule has 2 aromatic heterocycles. The van der Waals surface area contributed by atoms with Gasteiger partial charge in [0, 0.05) is 47.6 Å². The van der Waals surface area contributed by atoms with Crippen LogP contribution in [0.15, 0.2) is 41.0 Å². The molecule has 0 radical (unpaired) electrons. The smallest absolute Gasteiger partial charge is 0.102 e. The third kappa shape index (κ3) is 4.09. The highest BCUT2D eigenvalue weighted by Crippen LogP contribution is 2.53. The van der Waals surface area contributed by atoms with E-state index in [1.165, 1.54) is 40.4 Å². The number of fused-ring (bicyclic) bond motifs is 2. The van der Waals surface area contributed by atoms with Crippen LogP contribution in [-0.4, -0.2) is 52.5 Å². The van der Waals surface area contributed by atoms with Crippen molar-refractivity contribution < 1.29 is 4.74 Å². The minimum absolute atomic E-state index is 0.164. The Labute approximate surface area is 192 Å². The van der Waals surface area contributed by atoms with Gasteiger partial charge < -0.3 is 10.1 Å². The fourth-order valence-electron chi connectivity index (χ4n) is 5.31. The lowest BCUT2D eigenvalue weighted by atomic mass is 9.77. The summed E-state index contributed by atoms with van der Waals surface area (Å²) >= 11 is 3.66. The quantitative estimate of drug-likeness (QED) is 0.524. The Hall–Kier alpha value is -1.67. The number of likely N-dealkylation sites (tertiary alicyclic amines) is 1. The minimum atomic E-state index is 0.164. The molecule has 0 bridgehead atoms. The molecule has 1 aromatic carbocycles. The van der Waals surface area contributed by atoms with Crippen LogP contribution in [0.3, 0.4) is 0 Å². The molecular formula is C24H30N4OS2. The summed E-state index contributed by atoms with van der Waals surface area (Å²) in [7, 11) is 1.79. The second-order valence-electron chi connectivity index (χ2n) is 8.91. The average Bonchev–Trinajstić information content (AvgIpc) is 3.37. The number of hydrogen-bond donors (Lipinski definition) is 1. The van der Waals surface area contributed by atoms with Crippen LogP contribution in [0, 0.1) is 5.92 Å². The lowest BCUT2D eigenvalue weighted by Crippen LogP contribution is -2.51. The Balaban J connectivity index is 1.37. The largest absolute Gasteiger partial charge is 0.383 e. The van der Waals surface area contributed by atoms with Gasteiger partial charge in [-0.3, -0.25) is 4.90 Å². The number of nitrogens with zero attached hydrogens (tertiary/aromatic N) is 3. The first kappa shape index (κ1) is 21.2. The van der Waals surface area contributed by atoms with Gasteiger partial charge in [0.2, 0.25) is 0 Å². The number of methoxy groups -OCH3 is 1. The third-order valence-corrected chi connectivity index (χ3v) is 9.24. The molecule has 1 fully saturated rings. The zero-order chi connectivity index (χ0) is 21.4. The zero-order valence-corrected chi connectivity index (χ0v) is 20.1. The summed E-state index contributed by atoms with van der Waals surface area (Å²) in [5.41, 5.74) is 6.57. The van der Waals surface area contributed by atoms with Gasteiger partial charge in [0.15, 0.2) is 0 Å². The number of piperidine rings is 1. The number of hydrogen-bond acceptors (Lipinski definition) is 7. The maximum absolute atomic E-state index is 5.35. The number of nitrogens with one attached hydrogen (secondary N) is 1. The molecule has 3 aromatic rings. The average molecular weight is 455 g/mol. The maximum Gasteiger partial charge on any atom is 0.102 e. The van der Waals surface area contributed by atoms with Crippen molar-refractivity contribution in [2.45, 2.75) is 48.9 Å². The van der Waals surface area contributed by atoms with Crippen molar-refractivity contribution in [3.8, 4) is 0 Å². The number of rotatable bonds is 6. The second-order valence-corrected chi connectivity index (χ2v) is 11.3. The van der Waals surface area contributed by atoms with E-state index in [4.69, 9.17) is 9.72 Å². The van der Waals surface area contributed by atoms with Crippen LogP contribution in [0.4, 0.5) is 11.4 Å². The molecule has 0 saturated carbocycles. The second kappa shape index (κ2) is 8.70. The number of anilines is 2. The number of ether oxygens (including phenoxy) is 1. The molecule has 5 nitrogen and oxygen atoms in total. The zero-order valence-electron chi connectivity index (χ0n) is 18.4. The molecule has 4 heterocycles. The fourth-order valence-corrected chi connectivity index (χ4v) is 7.51. The molecule has 2 aliphatic rings. The molecule has 0 amide bonds. The Morgan fingerprint density at radius 2 is 2.19 bits per heavy atom. The number of aromatic nitrogens is 2. The number of thiazole rings is 1. The number of thioether (sulfide) groups is 1. The summed E-state index contributed by atoms with van der Waals surface area (Å²) in [4.78, 5) is 11.8. The summed E-state index contributed by atoms with van der Waals surface area (Å²) in [6.45, 7) is 7.86. The van der Waals surface area contributed by atoms with Crippen molar-refractivity contribution in [3.63, 3.8) is 0 Å². The van der Waals surface area contributed by atoms with E-state index in [1.807, 2.05) is 23.5 Å². The molecule has 2 aliphatic heterocycles. The Kier molecular flexibility index (Phi) is 5.94. The topological polar surface area (TPSA) is 50.3 Å². The van der Waals surface area contributed by atoms with E-state index >= 15 is 0 Å². The van der Waals surface area contributed by atoms with Gasteiger partial charge in [-0.2, -0.15) is 0 Å². The first-order valence-corrected chi connectivity index (χ1v) is 12.8. The highest BCUT2D eigenvalue weighted by Gasteiger charge is 2.46. The Bertz CT molecular complexity index is 1070. The van der Waals surface area contributed by atoms with Gasteiger partial charge in [0.05, 0.1) is 22.3 Å². The van der Waals surface area contributed by atoms with E-state index in [0.717, 1.165) is 30.8 Å². The minimum Gasteiger partial charge on any atom is -0.383 e. The summed E-state index contributed by atoms with van der Waals surface area (Å²) in [5.74, 6) is 0.636. The van der Waals surface area contributed by atoms with Crippen LogP contribution < -0.4 is 5.32 Å². The summed E-state index contributed by atoms with van der Waals surface area (Å²) in [6.07, 6.45) is 5.54. The lowest BCUT2D eigenvalue weighted by Gasteiger charge is -2.46. The van der Waals surface area contributed by atoms with Crippen molar-refractivity contribution in [2.75, 3.05) is 32.1 Å². The van der Waals surface area contributed by atoms with Crippen molar-refractivity contribution in [2.24, 2.45) is 5.92 Å². The molecule has 5 rings (SSSR count). The van der Waals surface area contributed by atoms with E-state index in [2.05, 4.69) is 53.3 Å². The lowest BCUT2D eigenvalue weighted by molar-refractivity contribution is 0.0583. The van der Waals surface area contributed by atoms with Gasteiger partial charge in [-0.05, 0) is 69.8 Å². The van der Waals surface area contributed by atoms with E-state index < -0.39 is 0 Å². The van der Waals surface area contributed by atoms with Gasteiger partial charge in [0.25, 0.3) is 0 Å². The van der Waals surface area contributed by atoms with E-state index in [1.54, 1.807) is 18.4 Å². The normalized spacial score (nSPS) is 26.3. The molecule has 7 heteroatoms. The molecule has 3 atom stereocenters. The van der Waals surface area contributed by atoms with Gasteiger partial charge in [0.1, 0.15) is 5.03 Å². The van der Waals surface area contributed by atoms with Gasteiger partial charge in [-0.25, -0.2) is 9.97 Å². The molecule has 164 valence electrons. The first-order valence-electron chi connectivity index (χ1n) is 11.1. The van der Waals surface area contributed by atoms with Crippen LogP contribution in [0.5, 0.6) is 0 Å². The molecule has 0 spiro atoms. The van der Waals surface area contributed by atoms with E-state index in [9.17, 15) is 0 Å². The van der Waals surface area contributed by atoms with Crippen LogP contribution in [0.2, 0.25) is 0 Å². The number of pyridine rings is 1. The predicted octanol–water partition coefficient (Wildman–Crippen LogP) is 5.59. The summed E-state index contributed by atoms with van der Waals surface area (Å²) in [6, 6.07) is 9.10. The summed E-state index contributed by atoms with van der Waals surface area (Å²) in [5, 5.41) is 4.84. The van der Waals surface area contributed by atoms with Crippen LogP contribution in [0.1, 0.15) is 32.3 Å². The highest BCUT2D eigenvalue weighted by molar-refractivity contribution is 8.01. The van der Waals surface area contributed by atoms with Crippen LogP contribution >= 0.6 is 23.1 Å². The van der Waals surface area contributed by atoms with Gasteiger partial charge in [-0.15, -0.1) is 11.3 Å². The predicted molar refractivity (Wildman–Crippen MR) is 131 cm³/mol. The van der Waals surface area contributed by atoms with Gasteiger partial charge >= 0.3 is 0 Å². The molecule has 31 heavy (non-hydrogen) atoms. The third-order valence-electron chi connectivity index (χ3n) is 6.97. The van der Waals surface area contributed by atoms with Gasteiger partial charge in [-0.1, -0.05) is 11.8 Å². The fraction of sp³-hybridized carbons (Fsp3) is 0.500. The number of benzene rings is 1. The molecule has 1 unspecified atom stereocenters. The van der Waals surface area contributed by atoms with Crippen molar-refractivity contribution in [1.29, 1.82) is 0 Å². The molecular weight excluding hydrogens is 424 g/mol. The Morgan fingerprint density at radius 1 is 1.29 bits per heavy atom. The molecule has 1 saturated heterocycles. The van der Waals surface area contributed by atoms with Crippen molar-refractivity contribution in [1.82, 2.24) is 14.9 Å². The molecule has 0 aliphatic carbocycles. The standard InChI is InChI=1S/C24H30N4OS2/c1-16-19(5-4-10-28(16)11-12-29-3)24(2)14-18-20(8-9-25-23(18)31-24)27-17-6-7-22-21(13-17)26-15-30-22/h6-9,13,15-16,19H,4-5,10-12,14H2,1-3H3,(H,25,27)/t16-,19+,24?/m0/s1. The van der Waals surface area contributed by atoms with Crippen molar-refractivity contribution in [3.05, 3.63) is 41.5 Å².